The topological polar surface area (TPSA) is 70.2 Å². The van der Waals surface area contributed by atoms with Crippen molar-refractivity contribution in [1.29, 1.82) is 0 Å². The van der Waals surface area contributed by atoms with E-state index in [1.54, 1.807) is 0 Å². The van der Waals surface area contributed by atoms with Crippen LogP contribution >= 0.6 is 0 Å². The Labute approximate surface area is 256 Å². The van der Waals surface area contributed by atoms with Crippen LogP contribution in [0.25, 0.3) is 0 Å². The highest BCUT2D eigenvalue weighted by Crippen LogP contribution is 2.32. The van der Waals surface area contributed by atoms with Crippen molar-refractivity contribution in [3.8, 4) is 0 Å². The van der Waals surface area contributed by atoms with Crippen LogP contribution in [0.1, 0.15) is 109 Å². The average Bonchev–Trinajstić information content (AvgIpc) is 2.96. The number of hydrogen-bond donors (Lipinski definition) is 3. The summed E-state index contributed by atoms with van der Waals surface area (Å²) in [6.45, 7) is 11.4. The van der Waals surface area contributed by atoms with Crippen LogP contribution in [0.4, 0.5) is 10.5 Å². The second-order valence-corrected chi connectivity index (χ2v) is 10.8. The number of urea groups is 1. The third kappa shape index (κ3) is 18.0. The van der Waals surface area contributed by atoms with Gasteiger partial charge in [0.1, 0.15) is 0 Å². The molecule has 0 aromatic heterocycles. The molecule has 230 valence electrons. The van der Waals surface area contributed by atoms with E-state index in [-0.39, 0.29) is 11.9 Å². The second kappa shape index (κ2) is 24.0. The molecule has 0 saturated carbocycles. The molecule has 0 fully saturated rings. The fourth-order valence-corrected chi connectivity index (χ4v) is 4.17. The van der Waals surface area contributed by atoms with Crippen LogP contribution in [0.15, 0.2) is 91.1 Å². The van der Waals surface area contributed by atoms with Gasteiger partial charge in [0.25, 0.3) is 0 Å². The summed E-state index contributed by atoms with van der Waals surface area (Å²) in [5.41, 5.74) is 3.14. The molecule has 1 aromatic rings. The first-order valence-electron chi connectivity index (χ1n) is 15.7. The predicted molar refractivity (Wildman–Crippen MR) is 182 cm³/mol. The maximum atomic E-state index is 12.5. The molecular formula is C37H55N3O2. The SMILES string of the molecule is CCC=CCC=CCC=CCC=CCC=CCC=CCCC(=O)NCCNC(=O)Nc1c(C(C)C)cccc1C(C)C. The molecule has 5 nitrogen and oxygen atoms in total. The van der Waals surface area contributed by atoms with Crippen LogP contribution in [0, 0.1) is 0 Å². The zero-order chi connectivity index (χ0) is 30.8. The highest BCUT2D eigenvalue weighted by atomic mass is 16.2. The smallest absolute Gasteiger partial charge is 0.319 e. The number of para-hydroxylation sites is 1. The van der Waals surface area contributed by atoms with Crippen LogP contribution in [-0.4, -0.2) is 25.0 Å². The largest absolute Gasteiger partial charge is 0.354 e. The Hall–Kier alpha value is -3.60. The first kappa shape index (κ1) is 36.4. The van der Waals surface area contributed by atoms with E-state index in [2.05, 4.69) is 130 Å². The van der Waals surface area contributed by atoms with Crippen molar-refractivity contribution in [2.45, 2.75) is 97.8 Å². The number of allylic oxidation sites excluding steroid dienone is 12. The summed E-state index contributed by atoms with van der Waals surface area (Å²) >= 11 is 0. The van der Waals surface area contributed by atoms with Gasteiger partial charge in [-0.25, -0.2) is 4.79 Å². The molecule has 0 aliphatic rings. The minimum atomic E-state index is -0.253. The van der Waals surface area contributed by atoms with Gasteiger partial charge in [-0.05, 0) is 67.9 Å². The van der Waals surface area contributed by atoms with E-state index in [0.717, 1.165) is 55.3 Å². The van der Waals surface area contributed by atoms with Gasteiger partial charge in [0.05, 0.1) is 0 Å². The van der Waals surface area contributed by atoms with Crippen LogP contribution in [0.2, 0.25) is 0 Å². The normalized spacial score (nSPS) is 12.5. The number of nitrogens with one attached hydrogen (secondary N) is 3. The third-order valence-electron chi connectivity index (χ3n) is 6.48. The average molecular weight is 574 g/mol. The van der Waals surface area contributed by atoms with Crippen molar-refractivity contribution in [1.82, 2.24) is 10.6 Å². The molecule has 0 atom stereocenters. The molecule has 1 aromatic carbocycles. The van der Waals surface area contributed by atoms with Crippen molar-refractivity contribution in [2.75, 3.05) is 18.4 Å². The number of anilines is 1. The maximum Gasteiger partial charge on any atom is 0.319 e. The number of carbonyl (C=O) groups excluding carboxylic acids is 2. The maximum absolute atomic E-state index is 12.5. The summed E-state index contributed by atoms with van der Waals surface area (Å²) in [6.07, 6.45) is 33.1. The number of benzene rings is 1. The zero-order valence-electron chi connectivity index (χ0n) is 26.7. The first-order valence-corrected chi connectivity index (χ1v) is 15.7. The molecular weight excluding hydrogens is 518 g/mol. The third-order valence-corrected chi connectivity index (χ3v) is 6.48. The van der Waals surface area contributed by atoms with E-state index in [4.69, 9.17) is 0 Å². The van der Waals surface area contributed by atoms with E-state index in [1.807, 2.05) is 12.1 Å². The molecule has 3 amide bonds. The lowest BCUT2D eigenvalue weighted by Gasteiger charge is -2.20. The predicted octanol–water partition coefficient (Wildman–Crippen LogP) is 9.65. The van der Waals surface area contributed by atoms with Crippen molar-refractivity contribution in [2.24, 2.45) is 0 Å². The summed E-state index contributed by atoms with van der Waals surface area (Å²) in [6, 6.07) is 5.91. The fraction of sp³-hybridized carbons (Fsp3) is 0.459. The number of rotatable bonds is 20. The Morgan fingerprint density at radius 1 is 0.643 bits per heavy atom. The highest BCUT2D eigenvalue weighted by molar-refractivity contribution is 5.91. The molecule has 1 rings (SSSR count). The van der Waals surface area contributed by atoms with Crippen molar-refractivity contribution >= 4 is 17.6 Å². The van der Waals surface area contributed by atoms with Gasteiger partial charge in [0, 0.05) is 25.2 Å². The summed E-state index contributed by atoms with van der Waals surface area (Å²) in [5, 5.41) is 8.75. The van der Waals surface area contributed by atoms with Crippen LogP contribution in [0.5, 0.6) is 0 Å². The summed E-state index contributed by atoms with van der Waals surface area (Å²) in [7, 11) is 0. The molecule has 42 heavy (non-hydrogen) atoms. The number of carbonyl (C=O) groups is 2. The molecule has 0 unspecified atom stereocenters. The second-order valence-electron chi connectivity index (χ2n) is 10.8. The standard InChI is InChI=1S/C37H55N3O2/c1-6-7-8-9-10-11-12-13-14-15-16-17-18-19-20-21-22-23-24-28-35(41)38-29-30-39-37(42)40-36-33(31(2)3)26-25-27-34(36)32(4)5/h7-8,10-11,13-14,16-17,19-20,22-23,25-27,31-32H,6,9,12,15,18,21,24,28-30H2,1-5H3,(H,38,41)(H2,39,40,42). The van der Waals surface area contributed by atoms with E-state index in [0.29, 0.717) is 37.8 Å². The van der Waals surface area contributed by atoms with Gasteiger partial charge >= 0.3 is 6.03 Å². The molecule has 0 spiro atoms. The summed E-state index contributed by atoms with van der Waals surface area (Å²) in [4.78, 5) is 24.6. The Kier molecular flexibility index (Phi) is 20.9. The Morgan fingerprint density at radius 3 is 1.52 bits per heavy atom. The Bertz CT molecular complexity index is 1050. The van der Waals surface area contributed by atoms with Gasteiger partial charge < -0.3 is 16.0 Å². The number of hydrogen-bond acceptors (Lipinski definition) is 2. The highest BCUT2D eigenvalue weighted by Gasteiger charge is 2.15. The van der Waals surface area contributed by atoms with Crippen molar-refractivity contribution in [3.63, 3.8) is 0 Å². The van der Waals surface area contributed by atoms with Crippen LogP contribution in [-0.2, 0) is 4.79 Å². The molecule has 0 aliphatic heterocycles. The minimum Gasteiger partial charge on any atom is -0.354 e. The summed E-state index contributed by atoms with van der Waals surface area (Å²) in [5.74, 6) is 0.600. The van der Waals surface area contributed by atoms with Gasteiger partial charge in [-0.3, -0.25) is 4.79 Å². The molecule has 0 radical (unpaired) electrons. The fourth-order valence-electron chi connectivity index (χ4n) is 4.17. The summed E-state index contributed by atoms with van der Waals surface area (Å²) < 4.78 is 0. The van der Waals surface area contributed by atoms with Crippen LogP contribution in [0.3, 0.4) is 0 Å². The van der Waals surface area contributed by atoms with E-state index < -0.39 is 0 Å². The van der Waals surface area contributed by atoms with E-state index in [1.165, 1.54) is 0 Å². The lowest BCUT2D eigenvalue weighted by Crippen LogP contribution is -2.37. The molecule has 3 N–H and O–H groups in total. The van der Waals surface area contributed by atoms with Gasteiger partial charge in [0.15, 0.2) is 0 Å². The molecule has 0 aliphatic carbocycles. The monoisotopic (exact) mass is 573 g/mol. The lowest BCUT2D eigenvalue weighted by molar-refractivity contribution is -0.120. The van der Waals surface area contributed by atoms with Gasteiger partial charge in [-0.1, -0.05) is 126 Å². The zero-order valence-corrected chi connectivity index (χ0v) is 26.7. The minimum absolute atomic E-state index is 0.0102. The molecule has 0 heterocycles. The first-order chi connectivity index (χ1) is 20.4. The molecule has 0 bridgehead atoms. The molecule has 5 heteroatoms. The lowest BCUT2D eigenvalue weighted by atomic mass is 9.93. The van der Waals surface area contributed by atoms with Gasteiger partial charge in [-0.2, -0.15) is 0 Å². The van der Waals surface area contributed by atoms with Gasteiger partial charge in [-0.15, -0.1) is 0 Å². The van der Waals surface area contributed by atoms with Gasteiger partial charge in [0.2, 0.25) is 5.91 Å². The molecule has 0 saturated heterocycles. The quantitative estimate of drug-likeness (QED) is 0.107. The number of amides is 3. The van der Waals surface area contributed by atoms with Crippen LogP contribution < -0.4 is 16.0 Å². The van der Waals surface area contributed by atoms with Crippen molar-refractivity contribution in [3.05, 3.63) is 102 Å². The van der Waals surface area contributed by atoms with E-state index >= 15 is 0 Å². The Balaban J connectivity index is 2.13. The van der Waals surface area contributed by atoms with Crippen molar-refractivity contribution < 1.29 is 9.59 Å². The van der Waals surface area contributed by atoms with E-state index in [9.17, 15) is 9.59 Å². The Morgan fingerprint density at radius 2 is 1.07 bits per heavy atom.